The van der Waals surface area contributed by atoms with E-state index in [1.807, 2.05) is 20.2 Å². The lowest BCUT2D eigenvalue weighted by molar-refractivity contribution is -0.130. The van der Waals surface area contributed by atoms with Crippen molar-refractivity contribution in [3.63, 3.8) is 0 Å². The van der Waals surface area contributed by atoms with Gasteiger partial charge in [-0.15, -0.1) is 0 Å². The van der Waals surface area contributed by atoms with Crippen LogP contribution in [0.3, 0.4) is 0 Å². The fourth-order valence-electron chi connectivity index (χ4n) is 4.65. The lowest BCUT2D eigenvalue weighted by Gasteiger charge is -2.29. The minimum Gasteiger partial charge on any atom is -0.367 e. The molecule has 2 saturated carbocycles. The quantitative estimate of drug-likeness (QED) is 0.423. The first kappa shape index (κ1) is 22.4. The Labute approximate surface area is 198 Å². The van der Waals surface area contributed by atoms with Gasteiger partial charge in [0.25, 0.3) is 5.91 Å². The van der Waals surface area contributed by atoms with Gasteiger partial charge in [-0.25, -0.2) is 4.98 Å². The zero-order valence-electron chi connectivity index (χ0n) is 19.6. The highest BCUT2D eigenvalue weighted by molar-refractivity contribution is 6.15. The van der Waals surface area contributed by atoms with Crippen molar-refractivity contribution >= 4 is 41.1 Å². The first-order valence-electron chi connectivity index (χ1n) is 12.0. The summed E-state index contributed by atoms with van der Waals surface area (Å²) in [7, 11) is 3.62. The Morgan fingerprint density at radius 2 is 1.85 bits per heavy atom. The molecule has 0 unspecified atom stereocenters. The number of nitrogens with zero attached hydrogens (tertiary/aromatic N) is 4. The van der Waals surface area contributed by atoms with Gasteiger partial charge in [0, 0.05) is 49.8 Å². The van der Waals surface area contributed by atoms with Crippen molar-refractivity contribution in [2.24, 2.45) is 5.92 Å². The number of hydrogen-bond acceptors (Lipinski definition) is 7. The lowest BCUT2D eigenvalue weighted by atomic mass is 9.84. The van der Waals surface area contributed by atoms with Gasteiger partial charge in [0.05, 0.1) is 12.6 Å². The second kappa shape index (κ2) is 9.08. The van der Waals surface area contributed by atoms with Crippen LogP contribution in [-0.4, -0.2) is 63.4 Å². The number of imide groups is 1. The van der Waals surface area contributed by atoms with Gasteiger partial charge >= 0.3 is 0 Å². The molecule has 3 N–H and O–H groups in total. The predicted octanol–water partition coefficient (Wildman–Crippen LogP) is 2.18. The number of aromatic nitrogens is 3. The fraction of sp³-hybridized carbons (Fsp3) is 0.542. The monoisotopic (exact) mass is 465 g/mol. The Hall–Kier alpha value is -3.43. The third-order valence-electron chi connectivity index (χ3n) is 6.81. The summed E-state index contributed by atoms with van der Waals surface area (Å²) in [6, 6.07) is 2.72. The van der Waals surface area contributed by atoms with E-state index in [1.54, 1.807) is 21.7 Å². The highest BCUT2D eigenvalue weighted by Gasteiger charge is 2.27. The van der Waals surface area contributed by atoms with Crippen LogP contribution in [-0.2, 0) is 14.4 Å². The van der Waals surface area contributed by atoms with Crippen LogP contribution in [0.4, 0.5) is 11.6 Å². The minimum atomic E-state index is -0.362. The molecule has 10 heteroatoms. The molecule has 3 amide bonds. The second-order valence-electron chi connectivity index (χ2n) is 9.86. The second-order valence-corrected chi connectivity index (χ2v) is 9.86. The zero-order valence-corrected chi connectivity index (χ0v) is 19.6. The molecule has 2 aromatic rings. The Kier molecular flexibility index (Phi) is 5.97. The molecule has 1 saturated heterocycles. The summed E-state index contributed by atoms with van der Waals surface area (Å²) in [5.41, 5.74) is 1.76. The number of fused-ring (bicyclic) bond motifs is 1. The number of nitrogens with one attached hydrogen (secondary N) is 3. The Morgan fingerprint density at radius 3 is 2.50 bits per heavy atom. The van der Waals surface area contributed by atoms with Crippen LogP contribution in [0.15, 0.2) is 17.8 Å². The molecule has 0 radical (unpaired) electrons. The number of hydrogen-bond donors (Lipinski definition) is 3. The lowest BCUT2D eigenvalue weighted by Crippen LogP contribution is -2.30. The van der Waals surface area contributed by atoms with Gasteiger partial charge in [0.2, 0.25) is 11.8 Å². The van der Waals surface area contributed by atoms with Gasteiger partial charge in [-0.05, 0) is 50.5 Å². The summed E-state index contributed by atoms with van der Waals surface area (Å²) >= 11 is 0. The molecule has 0 bridgehead atoms. The van der Waals surface area contributed by atoms with Crippen molar-refractivity contribution in [2.75, 3.05) is 24.7 Å². The van der Waals surface area contributed by atoms with E-state index in [0.717, 1.165) is 50.2 Å². The molecule has 180 valence electrons. The molecule has 1 aliphatic heterocycles. The molecule has 3 aliphatic rings. The van der Waals surface area contributed by atoms with Crippen LogP contribution in [0.2, 0.25) is 0 Å². The summed E-state index contributed by atoms with van der Waals surface area (Å²) in [6.45, 7) is 0. The van der Waals surface area contributed by atoms with Gasteiger partial charge in [0.1, 0.15) is 11.6 Å². The number of carbonyl (C=O) groups excluding carboxylic acids is 3. The summed E-state index contributed by atoms with van der Waals surface area (Å²) in [5, 5.41) is 13.9. The maximum Gasteiger partial charge on any atom is 0.254 e. The van der Waals surface area contributed by atoms with E-state index in [1.165, 1.54) is 0 Å². The van der Waals surface area contributed by atoms with Crippen molar-refractivity contribution in [1.29, 1.82) is 0 Å². The zero-order chi connectivity index (χ0) is 23.8. The van der Waals surface area contributed by atoms with Gasteiger partial charge in [0.15, 0.2) is 5.65 Å². The molecule has 5 rings (SSSR count). The first-order valence-corrected chi connectivity index (χ1v) is 12.0. The third kappa shape index (κ3) is 4.90. The molecule has 2 aromatic heterocycles. The smallest absolute Gasteiger partial charge is 0.254 e. The van der Waals surface area contributed by atoms with E-state index >= 15 is 0 Å². The summed E-state index contributed by atoms with van der Waals surface area (Å²) in [5.74, 6) is 1.59. The standard InChI is InChI=1S/C24H31N7O3/c1-30(2)22(33)9-14-3-5-17(6-4-14)26-19-12-20(27-18-7-8-18)31-23(28-19)16(13-25-31)10-15-11-21(32)29-24(15)34/h10,12-14,17-18,27H,3-9,11H2,1-2H3,(H,26,28)(H,29,32,34)/b15-10+. The minimum absolute atomic E-state index is 0.0703. The van der Waals surface area contributed by atoms with E-state index in [2.05, 4.69) is 21.0 Å². The highest BCUT2D eigenvalue weighted by Crippen LogP contribution is 2.31. The molecular weight excluding hydrogens is 434 g/mol. The predicted molar refractivity (Wildman–Crippen MR) is 128 cm³/mol. The molecule has 3 heterocycles. The van der Waals surface area contributed by atoms with Crippen molar-refractivity contribution in [2.45, 2.75) is 63.5 Å². The van der Waals surface area contributed by atoms with E-state index < -0.39 is 0 Å². The molecule has 0 aromatic carbocycles. The SMILES string of the molecule is CN(C)C(=O)CC1CCC(Nc2cc(NC3CC3)n3ncc(/C=C4\CC(=O)NC4=O)c3n2)CC1. The van der Waals surface area contributed by atoms with Gasteiger partial charge < -0.3 is 15.5 Å². The van der Waals surface area contributed by atoms with Crippen LogP contribution in [0.25, 0.3) is 11.7 Å². The van der Waals surface area contributed by atoms with Crippen molar-refractivity contribution in [3.05, 3.63) is 23.4 Å². The molecular formula is C24H31N7O3. The molecule has 3 fully saturated rings. The summed E-state index contributed by atoms with van der Waals surface area (Å²) in [6.07, 6.45) is 10.3. The van der Waals surface area contributed by atoms with E-state index in [4.69, 9.17) is 4.98 Å². The maximum atomic E-state index is 12.0. The number of amides is 3. The van der Waals surface area contributed by atoms with E-state index in [9.17, 15) is 14.4 Å². The van der Waals surface area contributed by atoms with Crippen molar-refractivity contribution < 1.29 is 14.4 Å². The highest BCUT2D eigenvalue weighted by atomic mass is 16.2. The number of carbonyl (C=O) groups is 3. The molecule has 10 nitrogen and oxygen atoms in total. The van der Waals surface area contributed by atoms with E-state index in [-0.39, 0.29) is 30.2 Å². The van der Waals surface area contributed by atoms with Crippen LogP contribution in [0.1, 0.15) is 56.9 Å². The van der Waals surface area contributed by atoms with E-state index in [0.29, 0.717) is 35.2 Å². The number of anilines is 2. The van der Waals surface area contributed by atoms with Crippen LogP contribution in [0, 0.1) is 5.92 Å². The normalized spacial score (nSPS) is 23.9. The molecule has 0 atom stereocenters. The first-order chi connectivity index (χ1) is 16.4. The summed E-state index contributed by atoms with van der Waals surface area (Å²) in [4.78, 5) is 42.1. The molecule has 34 heavy (non-hydrogen) atoms. The van der Waals surface area contributed by atoms with Gasteiger partial charge in [-0.3, -0.25) is 19.7 Å². The van der Waals surface area contributed by atoms with Crippen LogP contribution < -0.4 is 16.0 Å². The van der Waals surface area contributed by atoms with Gasteiger partial charge in [-0.2, -0.15) is 9.61 Å². The average molecular weight is 466 g/mol. The third-order valence-corrected chi connectivity index (χ3v) is 6.81. The van der Waals surface area contributed by atoms with Gasteiger partial charge in [-0.1, -0.05) is 0 Å². The van der Waals surface area contributed by atoms with Crippen LogP contribution >= 0.6 is 0 Å². The molecule has 2 aliphatic carbocycles. The molecule has 0 spiro atoms. The van der Waals surface area contributed by atoms with Crippen molar-refractivity contribution in [3.8, 4) is 0 Å². The van der Waals surface area contributed by atoms with Crippen molar-refractivity contribution in [1.82, 2.24) is 24.8 Å². The fourth-order valence-corrected chi connectivity index (χ4v) is 4.65. The Morgan fingerprint density at radius 1 is 1.15 bits per heavy atom. The van der Waals surface area contributed by atoms with Crippen LogP contribution in [0.5, 0.6) is 0 Å². The Bertz CT molecular complexity index is 1160. The maximum absolute atomic E-state index is 12.0. The largest absolute Gasteiger partial charge is 0.367 e. The summed E-state index contributed by atoms with van der Waals surface area (Å²) < 4.78 is 1.76. The topological polar surface area (TPSA) is 121 Å². The average Bonchev–Trinajstić information content (AvgIpc) is 3.43. The number of rotatable bonds is 7. The Balaban J connectivity index is 1.35.